The molecule has 8 nitrogen and oxygen atoms in total. The number of nitrogen functional groups attached to an aromatic ring is 1. The van der Waals surface area contributed by atoms with E-state index >= 15 is 0 Å². The Morgan fingerprint density at radius 2 is 1.66 bits per heavy atom. The number of benzene rings is 2. The van der Waals surface area contributed by atoms with Gasteiger partial charge >= 0.3 is 0 Å². The Morgan fingerprint density at radius 1 is 0.969 bits per heavy atom. The molecule has 2 N–H and O–H groups in total. The summed E-state index contributed by atoms with van der Waals surface area (Å²) < 4.78 is 3.20. The average molecular weight is 423 g/mol. The van der Waals surface area contributed by atoms with Crippen LogP contribution in [-0.4, -0.2) is 29.5 Å². The molecule has 2 aromatic carbocycles. The van der Waals surface area contributed by atoms with Crippen molar-refractivity contribution in [3.8, 4) is 16.8 Å². The third-order valence-electron chi connectivity index (χ3n) is 5.58. The number of hydrogen-bond acceptors (Lipinski definition) is 6. The van der Waals surface area contributed by atoms with Crippen molar-refractivity contribution in [3.05, 3.63) is 94.8 Å². The molecule has 8 heteroatoms. The highest BCUT2D eigenvalue weighted by Crippen LogP contribution is 2.30. The molecule has 0 saturated heterocycles. The van der Waals surface area contributed by atoms with Gasteiger partial charge in [-0.2, -0.15) is 14.9 Å². The number of nitrogens with zero attached hydrogens (tertiary/aromatic N) is 6. The molecule has 0 fully saturated rings. The maximum atomic E-state index is 13.7. The number of nitrogens with two attached hydrogens (primary N) is 1. The molecule has 5 rings (SSSR count). The molecule has 0 aliphatic carbocycles. The third kappa shape index (κ3) is 3.13. The van der Waals surface area contributed by atoms with Gasteiger partial charge in [-0.15, -0.1) is 0 Å². The van der Waals surface area contributed by atoms with E-state index in [0.717, 1.165) is 16.8 Å². The number of hydrogen-bond donors (Lipinski definition) is 1. The molecule has 5 aromatic rings. The Morgan fingerprint density at radius 3 is 2.38 bits per heavy atom. The molecular weight excluding hydrogens is 402 g/mol. The van der Waals surface area contributed by atoms with E-state index in [-0.39, 0.29) is 11.6 Å². The van der Waals surface area contributed by atoms with Crippen LogP contribution in [0, 0.1) is 6.92 Å². The second kappa shape index (κ2) is 7.73. The van der Waals surface area contributed by atoms with Crippen LogP contribution in [0.15, 0.2) is 78.0 Å². The molecule has 0 radical (unpaired) electrons. The van der Waals surface area contributed by atoms with E-state index in [4.69, 9.17) is 5.73 Å². The maximum Gasteiger partial charge on any atom is 0.279 e. The molecule has 1 atom stereocenters. The SMILES string of the molecule is Cc1nn(C(C)c2cnn(-c3ccccc3)c(=O)c2-c2ccccc2)c2ncnc(N)c12. The number of rotatable bonds is 4. The summed E-state index contributed by atoms with van der Waals surface area (Å²) >= 11 is 0. The minimum absolute atomic E-state index is 0.200. The zero-order chi connectivity index (χ0) is 22.2. The van der Waals surface area contributed by atoms with Gasteiger partial charge in [-0.1, -0.05) is 48.5 Å². The quantitative estimate of drug-likeness (QED) is 0.474. The summed E-state index contributed by atoms with van der Waals surface area (Å²) in [7, 11) is 0. The topological polar surface area (TPSA) is 105 Å². The second-order valence-electron chi connectivity index (χ2n) is 7.56. The predicted octanol–water partition coefficient (Wildman–Crippen LogP) is 3.54. The molecule has 3 heterocycles. The summed E-state index contributed by atoms with van der Waals surface area (Å²) in [5.74, 6) is 0.381. The lowest BCUT2D eigenvalue weighted by atomic mass is 9.98. The van der Waals surface area contributed by atoms with Gasteiger partial charge in [0.15, 0.2) is 5.65 Å². The molecule has 0 bridgehead atoms. The van der Waals surface area contributed by atoms with Crippen molar-refractivity contribution in [1.82, 2.24) is 29.5 Å². The fourth-order valence-corrected chi connectivity index (χ4v) is 4.00. The van der Waals surface area contributed by atoms with Gasteiger partial charge in [-0.25, -0.2) is 14.6 Å². The first-order valence-electron chi connectivity index (χ1n) is 10.2. The van der Waals surface area contributed by atoms with Crippen LogP contribution in [0.1, 0.15) is 24.2 Å². The van der Waals surface area contributed by atoms with Crippen molar-refractivity contribution in [2.75, 3.05) is 5.73 Å². The molecule has 0 aliphatic heterocycles. The molecule has 0 amide bonds. The lowest BCUT2D eigenvalue weighted by molar-refractivity contribution is 0.569. The number of fused-ring (bicyclic) bond motifs is 1. The smallest absolute Gasteiger partial charge is 0.279 e. The average Bonchev–Trinajstić information content (AvgIpc) is 3.17. The van der Waals surface area contributed by atoms with Gasteiger partial charge in [0.1, 0.15) is 12.1 Å². The fourth-order valence-electron chi connectivity index (χ4n) is 4.00. The van der Waals surface area contributed by atoms with E-state index in [9.17, 15) is 4.79 Å². The van der Waals surface area contributed by atoms with Crippen LogP contribution in [-0.2, 0) is 0 Å². The van der Waals surface area contributed by atoms with Gasteiger partial charge < -0.3 is 5.73 Å². The van der Waals surface area contributed by atoms with Gasteiger partial charge in [0.25, 0.3) is 5.56 Å². The monoisotopic (exact) mass is 423 g/mol. The van der Waals surface area contributed by atoms with Crippen molar-refractivity contribution in [3.63, 3.8) is 0 Å². The third-order valence-corrected chi connectivity index (χ3v) is 5.58. The van der Waals surface area contributed by atoms with Crippen LogP contribution in [0.5, 0.6) is 0 Å². The summed E-state index contributed by atoms with van der Waals surface area (Å²) in [5.41, 5.74) is 10.1. The first-order valence-corrected chi connectivity index (χ1v) is 10.2. The molecule has 1 unspecified atom stereocenters. The Hall–Kier alpha value is -4.33. The van der Waals surface area contributed by atoms with E-state index < -0.39 is 0 Å². The van der Waals surface area contributed by atoms with Crippen molar-refractivity contribution >= 4 is 16.9 Å². The Bertz CT molecular complexity index is 1470. The predicted molar refractivity (Wildman–Crippen MR) is 124 cm³/mol. The van der Waals surface area contributed by atoms with Crippen molar-refractivity contribution in [2.45, 2.75) is 19.9 Å². The Labute approximate surface area is 184 Å². The summed E-state index contributed by atoms with van der Waals surface area (Å²) in [4.78, 5) is 22.2. The zero-order valence-corrected chi connectivity index (χ0v) is 17.7. The molecule has 3 aromatic heterocycles. The lowest BCUT2D eigenvalue weighted by Gasteiger charge is -2.18. The van der Waals surface area contributed by atoms with Gasteiger partial charge in [-0.3, -0.25) is 4.79 Å². The molecule has 158 valence electrons. The van der Waals surface area contributed by atoms with Crippen molar-refractivity contribution in [2.24, 2.45) is 0 Å². The van der Waals surface area contributed by atoms with Crippen LogP contribution < -0.4 is 11.3 Å². The summed E-state index contributed by atoms with van der Waals surface area (Å²) in [6, 6.07) is 18.7. The lowest BCUT2D eigenvalue weighted by Crippen LogP contribution is -2.26. The maximum absolute atomic E-state index is 13.7. The van der Waals surface area contributed by atoms with Gasteiger partial charge in [-0.05, 0) is 31.5 Å². The largest absolute Gasteiger partial charge is 0.383 e. The molecule has 0 aliphatic rings. The van der Waals surface area contributed by atoms with E-state index in [2.05, 4.69) is 20.2 Å². The molecule has 0 saturated carbocycles. The summed E-state index contributed by atoms with van der Waals surface area (Å²) in [6.07, 6.45) is 3.15. The van der Waals surface area contributed by atoms with E-state index in [1.54, 1.807) is 10.9 Å². The van der Waals surface area contributed by atoms with Crippen molar-refractivity contribution < 1.29 is 0 Å². The zero-order valence-electron chi connectivity index (χ0n) is 17.7. The number of aromatic nitrogens is 6. The van der Waals surface area contributed by atoms with Crippen LogP contribution in [0.3, 0.4) is 0 Å². The minimum Gasteiger partial charge on any atom is -0.383 e. The molecule has 0 spiro atoms. The Balaban J connectivity index is 1.76. The highest BCUT2D eigenvalue weighted by Gasteiger charge is 2.23. The van der Waals surface area contributed by atoms with E-state index in [1.165, 1.54) is 11.0 Å². The molecule has 32 heavy (non-hydrogen) atoms. The standard InChI is InChI=1S/C24H21N7O/c1-15-20-22(25)26-14-27-23(20)30(29-15)16(2)19-13-28-31(18-11-7-4-8-12-18)24(32)21(19)17-9-5-3-6-10-17/h3-14,16H,1-2H3,(H2,25,26,27). The first-order chi connectivity index (χ1) is 15.6. The first kappa shape index (κ1) is 19.6. The van der Waals surface area contributed by atoms with Crippen LogP contribution in [0.25, 0.3) is 27.8 Å². The van der Waals surface area contributed by atoms with Crippen molar-refractivity contribution in [1.29, 1.82) is 0 Å². The minimum atomic E-state index is -0.318. The number of anilines is 1. The van der Waals surface area contributed by atoms with Gasteiger partial charge in [0, 0.05) is 5.56 Å². The summed E-state index contributed by atoms with van der Waals surface area (Å²) in [5, 5.41) is 9.87. The van der Waals surface area contributed by atoms with Crippen LogP contribution in [0.2, 0.25) is 0 Å². The van der Waals surface area contributed by atoms with Gasteiger partial charge in [0.05, 0.1) is 34.6 Å². The second-order valence-corrected chi connectivity index (χ2v) is 7.56. The van der Waals surface area contributed by atoms with Crippen LogP contribution >= 0.6 is 0 Å². The Kier molecular flexibility index (Phi) is 4.74. The highest BCUT2D eigenvalue weighted by atomic mass is 16.1. The number of aryl methyl sites for hydroxylation is 1. The van der Waals surface area contributed by atoms with Crippen LogP contribution in [0.4, 0.5) is 5.82 Å². The summed E-state index contributed by atoms with van der Waals surface area (Å²) in [6.45, 7) is 3.84. The van der Waals surface area contributed by atoms with E-state index in [1.807, 2.05) is 74.5 Å². The van der Waals surface area contributed by atoms with E-state index in [0.29, 0.717) is 28.1 Å². The molecular formula is C24H21N7O. The normalized spacial score (nSPS) is 12.2. The number of para-hydroxylation sites is 1. The van der Waals surface area contributed by atoms with Gasteiger partial charge in [0.2, 0.25) is 0 Å². The fraction of sp³-hybridized carbons (Fsp3) is 0.125. The highest BCUT2D eigenvalue weighted by molar-refractivity contribution is 5.88.